The SMILES string of the molecule is COCC(C)NC(=O)C1CCN(Cc2ccccc2)CC1. The van der Waals surface area contributed by atoms with E-state index in [1.807, 2.05) is 13.0 Å². The van der Waals surface area contributed by atoms with Crippen LogP contribution in [0.5, 0.6) is 0 Å². The number of ether oxygens (including phenoxy) is 1. The first-order chi connectivity index (χ1) is 10.2. The lowest BCUT2D eigenvalue weighted by Crippen LogP contribution is -2.44. The fourth-order valence-electron chi connectivity index (χ4n) is 2.85. The largest absolute Gasteiger partial charge is 0.383 e. The van der Waals surface area contributed by atoms with E-state index in [0.717, 1.165) is 32.5 Å². The van der Waals surface area contributed by atoms with Crippen molar-refractivity contribution >= 4 is 5.91 Å². The molecule has 116 valence electrons. The van der Waals surface area contributed by atoms with E-state index < -0.39 is 0 Å². The van der Waals surface area contributed by atoms with Crippen molar-refractivity contribution in [2.45, 2.75) is 32.4 Å². The van der Waals surface area contributed by atoms with Crippen LogP contribution < -0.4 is 5.32 Å². The zero-order valence-corrected chi connectivity index (χ0v) is 13.0. The normalized spacial score (nSPS) is 18.4. The first-order valence-electron chi connectivity index (χ1n) is 7.74. The Morgan fingerprint density at radius 3 is 2.62 bits per heavy atom. The summed E-state index contributed by atoms with van der Waals surface area (Å²) in [5.41, 5.74) is 1.34. The molecule has 1 fully saturated rings. The average Bonchev–Trinajstić information content (AvgIpc) is 2.49. The van der Waals surface area contributed by atoms with Crippen molar-refractivity contribution in [3.05, 3.63) is 35.9 Å². The monoisotopic (exact) mass is 290 g/mol. The number of benzene rings is 1. The third-order valence-corrected chi connectivity index (χ3v) is 4.01. The van der Waals surface area contributed by atoms with E-state index in [0.29, 0.717) is 6.61 Å². The number of carbonyl (C=O) groups is 1. The summed E-state index contributed by atoms with van der Waals surface area (Å²) >= 11 is 0. The molecule has 1 saturated heterocycles. The highest BCUT2D eigenvalue weighted by molar-refractivity contribution is 5.79. The zero-order chi connectivity index (χ0) is 15.1. The highest BCUT2D eigenvalue weighted by atomic mass is 16.5. The molecule has 0 bridgehead atoms. The number of hydrogen-bond acceptors (Lipinski definition) is 3. The van der Waals surface area contributed by atoms with Gasteiger partial charge >= 0.3 is 0 Å². The van der Waals surface area contributed by atoms with Crippen molar-refractivity contribution in [2.24, 2.45) is 5.92 Å². The second-order valence-electron chi connectivity index (χ2n) is 5.90. The van der Waals surface area contributed by atoms with Gasteiger partial charge in [0.2, 0.25) is 5.91 Å². The molecule has 0 aliphatic carbocycles. The molecule has 0 saturated carbocycles. The highest BCUT2D eigenvalue weighted by Gasteiger charge is 2.25. The van der Waals surface area contributed by atoms with Crippen LogP contribution in [-0.4, -0.2) is 43.7 Å². The molecule has 0 spiro atoms. The summed E-state index contributed by atoms with van der Waals surface area (Å²) in [6.45, 7) is 5.51. The third-order valence-electron chi connectivity index (χ3n) is 4.01. The van der Waals surface area contributed by atoms with Crippen molar-refractivity contribution in [3.63, 3.8) is 0 Å². The molecule has 0 aromatic heterocycles. The summed E-state index contributed by atoms with van der Waals surface area (Å²) in [5, 5.41) is 3.03. The third kappa shape index (κ3) is 5.14. The lowest BCUT2D eigenvalue weighted by atomic mass is 9.95. The van der Waals surface area contributed by atoms with E-state index in [1.54, 1.807) is 7.11 Å². The zero-order valence-electron chi connectivity index (χ0n) is 13.0. The molecule has 1 aromatic carbocycles. The van der Waals surface area contributed by atoms with Crippen molar-refractivity contribution in [1.29, 1.82) is 0 Å². The van der Waals surface area contributed by atoms with Crippen LogP contribution in [0.4, 0.5) is 0 Å². The maximum atomic E-state index is 12.2. The highest BCUT2D eigenvalue weighted by Crippen LogP contribution is 2.19. The average molecular weight is 290 g/mol. The molecular formula is C17H26N2O2. The Morgan fingerprint density at radius 2 is 2.00 bits per heavy atom. The molecule has 1 aliphatic rings. The van der Waals surface area contributed by atoms with Crippen LogP contribution in [0.3, 0.4) is 0 Å². The molecular weight excluding hydrogens is 264 g/mol. The van der Waals surface area contributed by atoms with Gasteiger partial charge in [0, 0.05) is 25.6 Å². The van der Waals surface area contributed by atoms with Gasteiger partial charge in [0.1, 0.15) is 0 Å². The van der Waals surface area contributed by atoms with Crippen molar-refractivity contribution < 1.29 is 9.53 Å². The number of nitrogens with one attached hydrogen (secondary N) is 1. The van der Waals surface area contributed by atoms with E-state index >= 15 is 0 Å². The predicted molar refractivity (Wildman–Crippen MR) is 83.9 cm³/mol. The summed E-state index contributed by atoms with van der Waals surface area (Å²) < 4.78 is 5.05. The van der Waals surface area contributed by atoms with Gasteiger partial charge in [-0.2, -0.15) is 0 Å². The Bertz CT molecular complexity index is 428. The second kappa shape index (κ2) is 8.15. The minimum atomic E-state index is 0.0878. The number of methoxy groups -OCH3 is 1. The van der Waals surface area contributed by atoms with Crippen LogP contribution in [0.1, 0.15) is 25.3 Å². The number of nitrogens with zero attached hydrogens (tertiary/aromatic N) is 1. The fraction of sp³-hybridized carbons (Fsp3) is 0.588. The number of hydrogen-bond donors (Lipinski definition) is 1. The predicted octanol–water partition coefficient (Wildman–Crippen LogP) is 2.05. The Hall–Kier alpha value is -1.39. The minimum Gasteiger partial charge on any atom is -0.383 e. The molecule has 1 amide bonds. The number of carbonyl (C=O) groups excluding carboxylic acids is 1. The van der Waals surface area contributed by atoms with Gasteiger partial charge in [-0.05, 0) is 38.4 Å². The summed E-state index contributed by atoms with van der Waals surface area (Å²) in [6.07, 6.45) is 1.89. The molecule has 1 aliphatic heterocycles. The molecule has 1 N–H and O–H groups in total. The fourth-order valence-corrected chi connectivity index (χ4v) is 2.85. The van der Waals surface area contributed by atoms with E-state index in [1.165, 1.54) is 5.56 Å². The first kappa shape index (κ1) is 16.0. The Morgan fingerprint density at radius 1 is 1.33 bits per heavy atom. The summed E-state index contributed by atoms with van der Waals surface area (Å²) in [4.78, 5) is 14.6. The quantitative estimate of drug-likeness (QED) is 0.872. The Balaban J connectivity index is 1.74. The smallest absolute Gasteiger partial charge is 0.223 e. The van der Waals surface area contributed by atoms with Gasteiger partial charge in [0.25, 0.3) is 0 Å². The van der Waals surface area contributed by atoms with Gasteiger partial charge in [-0.3, -0.25) is 9.69 Å². The van der Waals surface area contributed by atoms with Gasteiger partial charge in [0.05, 0.1) is 6.61 Å². The molecule has 2 rings (SSSR count). The lowest BCUT2D eigenvalue weighted by Gasteiger charge is -2.31. The molecule has 1 unspecified atom stereocenters. The van der Waals surface area contributed by atoms with E-state index in [9.17, 15) is 4.79 Å². The standard InChI is InChI=1S/C17H26N2O2/c1-14(13-21-2)18-17(20)16-8-10-19(11-9-16)12-15-6-4-3-5-7-15/h3-7,14,16H,8-13H2,1-2H3,(H,18,20). The maximum Gasteiger partial charge on any atom is 0.223 e. The van der Waals surface area contributed by atoms with Gasteiger partial charge in [-0.1, -0.05) is 30.3 Å². The van der Waals surface area contributed by atoms with Crippen LogP contribution in [0, 0.1) is 5.92 Å². The van der Waals surface area contributed by atoms with Gasteiger partial charge in [-0.15, -0.1) is 0 Å². The molecule has 1 atom stereocenters. The van der Waals surface area contributed by atoms with Gasteiger partial charge in [-0.25, -0.2) is 0 Å². The van der Waals surface area contributed by atoms with E-state index in [2.05, 4.69) is 34.5 Å². The van der Waals surface area contributed by atoms with Crippen molar-refractivity contribution in [3.8, 4) is 0 Å². The Kier molecular flexibility index (Phi) is 6.21. The van der Waals surface area contributed by atoms with Crippen LogP contribution >= 0.6 is 0 Å². The van der Waals surface area contributed by atoms with E-state index in [-0.39, 0.29) is 17.9 Å². The Labute approximate surface area is 127 Å². The molecule has 4 heteroatoms. The van der Waals surface area contributed by atoms with Gasteiger partial charge < -0.3 is 10.1 Å². The number of piperidine rings is 1. The van der Waals surface area contributed by atoms with Crippen molar-refractivity contribution in [2.75, 3.05) is 26.8 Å². The molecule has 21 heavy (non-hydrogen) atoms. The number of amides is 1. The van der Waals surface area contributed by atoms with E-state index in [4.69, 9.17) is 4.74 Å². The number of rotatable bonds is 6. The van der Waals surface area contributed by atoms with Crippen LogP contribution in [0.25, 0.3) is 0 Å². The molecule has 1 aromatic rings. The van der Waals surface area contributed by atoms with Gasteiger partial charge in [0.15, 0.2) is 0 Å². The van der Waals surface area contributed by atoms with Crippen LogP contribution in [0.2, 0.25) is 0 Å². The lowest BCUT2D eigenvalue weighted by molar-refractivity contribution is -0.127. The summed E-state index contributed by atoms with van der Waals surface area (Å²) in [6, 6.07) is 10.6. The van der Waals surface area contributed by atoms with Crippen LogP contribution in [-0.2, 0) is 16.1 Å². The van der Waals surface area contributed by atoms with Crippen LogP contribution in [0.15, 0.2) is 30.3 Å². The second-order valence-corrected chi connectivity index (χ2v) is 5.90. The molecule has 0 radical (unpaired) electrons. The number of likely N-dealkylation sites (tertiary alicyclic amines) is 1. The molecule has 1 heterocycles. The van der Waals surface area contributed by atoms with Crippen molar-refractivity contribution in [1.82, 2.24) is 10.2 Å². The first-order valence-corrected chi connectivity index (χ1v) is 7.74. The summed E-state index contributed by atoms with van der Waals surface area (Å²) in [7, 11) is 1.66. The minimum absolute atomic E-state index is 0.0878. The maximum absolute atomic E-state index is 12.2. The summed E-state index contributed by atoms with van der Waals surface area (Å²) in [5.74, 6) is 0.329. The topological polar surface area (TPSA) is 41.6 Å². The molecule has 4 nitrogen and oxygen atoms in total.